The van der Waals surface area contributed by atoms with E-state index >= 15 is 0 Å². The summed E-state index contributed by atoms with van der Waals surface area (Å²) in [6.07, 6.45) is 2.14. The molecule has 1 aliphatic rings. The SMILES string of the molecule is [Cl-].c1ccc(-c2cn3c(n2)SCC3)cc1. The first-order valence-electron chi connectivity index (χ1n) is 4.69. The number of hydrogen-bond donors (Lipinski definition) is 0. The highest BCUT2D eigenvalue weighted by atomic mass is 35.5. The molecule has 0 unspecified atom stereocenters. The van der Waals surface area contributed by atoms with E-state index in [2.05, 4.69) is 27.9 Å². The smallest absolute Gasteiger partial charge is 0.168 e. The first-order valence-corrected chi connectivity index (χ1v) is 5.67. The molecule has 0 saturated heterocycles. The van der Waals surface area contributed by atoms with Crippen LogP contribution in [0.3, 0.4) is 0 Å². The van der Waals surface area contributed by atoms with Crippen LogP contribution in [-0.4, -0.2) is 15.3 Å². The lowest BCUT2D eigenvalue weighted by Crippen LogP contribution is -3.00. The highest BCUT2D eigenvalue weighted by molar-refractivity contribution is 7.99. The van der Waals surface area contributed by atoms with Crippen molar-refractivity contribution in [3.05, 3.63) is 36.5 Å². The highest BCUT2D eigenvalue weighted by Gasteiger charge is 2.14. The van der Waals surface area contributed by atoms with Crippen molar-refractivity contribution in [3.63, 3.8) is 0 Å². The zero-order valence-electron chi connectivity index (χ0n) is 8.06. The molecule has 4 heteroatoms. The second kappa shape index (κ2) is 4.29. The van der Waals surface area contributed by atoms with Crippen molar-refractivity contribution in [1.82, 2.24) is 9.55 Å². The minimum atomic E-state index is 0. The highest BCUT2D eigenvalue weighted by Crippen LogP contribution is 2.28. The fourth-order valence-electron chi connectivity index (χ4n) is 1.66. The summed E-state index contributed by atoms with van der Waals surface area (Å²) < 4.78 is 2.23. The Bertz CT molecular complexity index is 431. The van der Waals surface area contributed by atoms with Crippen LogP contribution in [0, 0.1) is 0 Å². The molecule has 0 spiro atoms. The van der Waals surface area contributed by atoms with Crippen LogP contribution >= 0.6 is 11.8 Å². The number of aryl methyl sites for hydroxylation is 1. The van der Waals surface area contributed by atoms with Crippen LogP contribution in [0.2, 0.25) is 0 Å². The van der Waals surface area contributed by atoms with Gasteiger partial charge in [0.05, 0.1) is 5.69 Å². The van der Waals surface area contributed by atoms with Crippen LogP contribution in [0.5, 0.6) is 0 Å². The van der Waals surface area contributed by atoms with Gasteiger partial charge in [0.1, 0.15) is 0 Å². The quantitative estimate of drug-likeness (QED) is 0.676. The Morgan fingerprint density at radius 2 is 2.00 bits per heavy atom. The van der Waals surface area contributed by atoms with Gasteiger partial charge in [-0.15, -0.1) is 0 Å². The Morgan fingerprint density at radius 1 is 1.20 bits per heavy atom. The molecule has 0 N–H and O–H groups in total. The molecule has 0 radical (unpaired) electrons. The average molecular weight is 238 g/mol. The van der Waals surface area contributed by atoms with E-state index in [-0.39, 0.29) is 12.4 Å². The lowest BCUT2D eigenvalue weighted by molar-refractivity contribution is -0.00000277. The predicted molar refractivity (Wildman–Crippen MR) is 58.4 cm³/mol. The number of benzene rings is 1. The van der Waals surface area contributed by atoms with Crippen molar-refractivity contribution in [2.45, 2.75) is 11.7 Å². The molecule has 2 aromatic rings. The van der Waals surface area contributed by atoms with Crippen LogP contribution in [-0.2, 0) is 6.54 Å². The molecule has 2 nitrogen and oxygen atoms in total. The van der Waals surface area contributed by atoms with Gasteiger partial charge in [-0.3, -0.25) is 0 Å². The molecule has 1 aliphatic heterocycles. The van der Waals surface area contributed by atoms with Crippen LogP contribution < -0.4 is 12.4 Å². The van der Waals surface area contributed by atoms with Crippen LogP contribution in [0.4, 0.5) is 0 Å². The van der Waals surface area contributed by atoms with Gasteiger partial charge >= 0.3 is 0 Å². The van der Waals surface area contributed by atoms with E-state index in [4.69, 9.17) is 0 Å². The Kier molecular flexibility index (Phi) is 3.03. The molecule has 0 atom stereocenters. The number of hydrogen-bond acceptors (Lipinski definition) is 2. The molecule has 3 rings (SSSR count). The van der Waals surface area contributed by atoms with E-state index < -0.39 is 0 Å². The number of rotatable bonds is 1. The zero-order chi connectivity index (χ0) is 9.38. The van der Waals surface area contributed by atoms with E-state index in [9.17, 15) is 0 Å². The molecule has 0 aliphatic carbocycles. The first kappa shape index (κ1) is 10.6. The molecular weight excluding hydrogens is 228 g/mol. The van der Waals surface area contributed by atoms with Gasteiger partial charge in [0, 0.05) is 24.1 Å². The molecule has 0 amide bonds. The van der Waals surface area contributed by atoms with Crippen molar-refractivity contribution in [3.8, 4) is 11.3 Å². The zero-order valence-corrected chi connectivity index (χ0v) is 9.63. The van der Waals surface area contributed by atoms with E-state index in [1.807, 2.05) is 30.0 Å². The predicted octanol–water partition coefficient (Wildman–Crippen LogP) is -0.340. The van der Waals surface area contributed by atoms with Gasteiger partial charge in [-0.1, -0.05) is 42.1 Å². The van der Waals surface area contributed by atoms with E-state index in [1.165, 1.54) is 5.56 Å². The maximum Gasteiger partial charge on any atom is 0.168 e. The summed E-state index contributed by atoms with van der Waals surface area (Å²) in [5.74, 6) is 1.16. The third-order valence-corrected chi connectivity index (χ3v) is 3.34. The Balaban J connectivity index is 0.000000853. The van der Waals surface area contributed by atoms with Crippen molar-refractivity contribution >= 4 is 11.8 Å². The Hall–Kier alpha value is -0.930. The maximum absolute atomic E-state index is 4.59. The summed E-state index contributed by atoms with van der Waals surface area (Å²) in [5, 5.41) is 1.16. The number of halogens is 1. The van der Waals surface area contributed by atoms with Gasteiger partial charge in [-0.05, 0) is 0 Å². The van der Waals surface area contributed by atoms with Gasteiger partial charge in [0.15, 0.2) is 5.16 Å². The Labute approximate surface area is 99.1 Å². The number of thioether (sulfide) groups is 1. The van der Waals surface area contributed by atoms with Crippen molar-refractivity contribution in [2.24, 2.45) is 0 Å². The van der Waals surface area contributed by atoms with Gasteiger partial charge in [0.25, 0.3) is 0 Å². The van der Waals surface area contributed by atoms with Crippen LogP contribution in [0.1, 0.15) is 0 Å². The lowest BCUT2D eigenvalue weighted by Gasteiger charge is -1.94. The number of nitrogens with zero attached hydrogens (tertiary/aromatic N) is 2. The molecule has 15 heavy (non-hydrogen) atoms. The average Bonchev–Trinajstić information content (AvgIpc) is 2.78. The van der Waals surface area contributed by atoms with E-state index in [0.717, 1.165) is 23.1 Å². The number of fused-ring (bicyclic) bond motifs is 1. The normalized spacial score (nSPS) is 13.3. The van der Waals surface area contributed by atoms with Crippen LogP contribution in [0.25, 0.3) is 11.3 Å². The molecule has 1 aromatic heterocycles. The molecular formula is C11H10ClN2S-. The summed E-state index contributed by atoms with van der Waals surface area (Å²) in [4.78, 5) is 4.59. The second-order valence-electron chi connectivity index (χ2n) is 3.32. The number of aromatic nitrogens is 2. The summed E-state index contributed by atoms with van der Waals surface area (Å²) in [6, 6.07) is 10.3. The number of imidazole rings is 1. The molecule has 2 heterocycles. The minimum absolute atomic E-state index is 0. The third-order valence-electron chi connectivity index (χ3n) is 2.37. The Morgan fingerprint density at radius 3 is 2.73 bits per heavy atom. The van der Waals surface area contributed by atoms with E-state index in [0.29, 0.717) is 0 Å². The summed E-state index contributed by atoms with van der Waals surface area (Å²) >= 11 is 1.84. The molecule has 0 fully saturated rings. The third kappa shape index (κ3) is 1.90. The lowest BCUT2D eigenvalue weighted by atomic mass is 10.2. The van der Waals surface area contributed by atoms with Crippen LogP contribution in [0.15, 0.2) is 41.7 Å². The first-order chi connectivity index (χ1) is 6.93. The van der Waals surface area contributed by atoms with Crippen molar-refractivity contribution < 1.29 is 12.4 Å². The standard InChI is InChI=1S/C11H10N2S.ClH/c1-2-4-9(5-3-1)10-8-13-6-7-14-11(13)12-10;/h1-5,8H,6-7H2;1H/p-1. The molecule has 0 saturated carbocycles. The van der Waals surface area contributed by atoms with Gasteiger partial charge in [0.2, 0.25) is 0 Å². The van der Waals surface area contributed by atoms with Crippen molar-refractivity contribution in [1.29, 1.82) is 0 Å². The minimum Gasteiger partial charge on any atom is -1.00 e. The van der Waals surface area contributed by atoms with E-state index in [1.54, 1.807) is 0 Å². The summed E-state index contributed by atoms with van der Waals surface area (Å²) in [6.45, 7) is 1.10. The van der Waals surface area contributed by atoms with Gasteiger partial charge < -0.3 is 17.0 Å². The molecule has 0 bridgehead atoms. The van der Waals surface area contributed by atoms with Crippen molar-refractivity contribution in [2.75, 3.05) is 5.75 Å². The summed E-state index contributed by atoms with van der Waals surface area (Å²) in [5.41, 5.74) is 2.29. The fourth-order valence-corrected chi connectivity index (χ4v) is 2.60. The second-order valence-corrected chi connectivity index (χ2v) is 4.38. The summed E-state index contributed by atoms with van der Waals surface area (Å²) in [7, 11) is 0. The molecule has 1 aromatic carbocycles. The maximum atomic E-state index is 4.59. The fraction of sp³-hybridized carbons (Fsp3) is 0.182. The largest absolute Gasteiger partial charge is 1.00 e. The van der Waals surface area contributed by atoms with Gasteiger partial charge in [-0.25, -0.2) is 4.98 Å². The molecule has 78 valence electrons. The monoisotopic (exact) mass is 237 g/mol. The van der Waals surface area contributed by atoms with Gasteiger partial charge in [-0.2, -0.15) is 0 Å². The topological polar surface area (TPSA) is 17.8 Å².